The summed E-state index contributed by atoms with van der Waals surface area (Å²) in [6.07, 6.45) is 7.38. The first kappa shape index (κ1) is 15.3. The second kappa shape index (κ2) is 6.68. The van der Waals surface area contributed by atoms with Crippen LogP contribution in [-0.4, -0.2) is 48.3 Å². The van der Waals surface area contributed by atoms with Crippen LogP contribution in [0.5, 0.6) is 0 Å². The van der Waals surface area contributed by atoms with Gasteiger partial charge in [-0.15, -0.1) is 0 Å². The third-order valence-electron chi connectivity index (χ3n) is 3.81. The second-order valence-corrected chi connectivity index (χ2v) is 8.61. The van der Waals surface area contributed by atoms with Gasteiger partial charge in [0.05, 0.1) is 12.7 Å². The second-order valence-electron chi connectivity index (χ2n) is 5.68. The van der Waals surface area contributed by atoms with Gasteiger partial charge in [-0.25, -0.2) is 13.1 Å². The van der Waals surface area contributed by atoms with Crippen LogP contribution in [0.4, 0.5) is 0 Å². The van der Waals surface area contributed by atoms with Gasteiger partial charge in [-0.2, -0.15) is 16.9 Å². The van der Waals surface area contributed by atoms with Crippen LogP contribution in [0, 0.1) is 0 Å². The van der Waals surface area contributed by atoms with Crippen molar-refractivity contribution in [1.82, 2.24) is 19.8 Å². The van der Waals surface area contributed by atoms with Crippen molar-refractivity contribution >= 4 is 21.8 Å². The van der Waals surface area contributed by atoms with Crippen LogP contribution in [0.3, 0.4) is 0 Å². The van der Waals surface area contributed by atoms with E-state index in [0.717, 1.165) is 30.9 Å². The van der Waals surface area contributed by atoms with Gasteiger partial charge in [0.25, 0.3) is 0 Å². The van der Waals surface area contributed by atoms with Crippen molar-refractivity contribution in [3.8, 4) is 0 Å². The van der Waals surface area contributed by atoms with Crippen LogP contribution >= 0.6 is 11.8 Å². The molecule has 2 N–H and O–H groups in total. The molecule has 0 spiro atoms. The molecule has 118 valence electrons. The Bertz CT molecular complexity index is 562. The molecule has 2 heterocycles. The van der Waals surface area contributed by atoms with E-state index in [2.05, 4.69) is 15.1 Å². The summed E-state index contributed by atoms with van der Waals surface area (Å²) in [6, 6.07) is 0.728. The zero-order chi connectivity index (χ0) is 14.7. The average molecular weight is 330 g/mol. The van der Waals surface area contributed by atoms with Gasteiger partial charge in [0.2, 0.25) is 10.0 Å². The van der Waals surface area contributed by atoms with E-state index in [4.69, 9.17) is 0 Å². The Hall–Kier alpha value is -0.570. The van der Waals surface area contributed by atoms with Gasteiger partial charge >= 0.3 is 0 Å². The first-order valence-electron chi connectivity index (χ1n) is 7.49. The van der Waals surface area contributed by atoms with Gasteiger partial charge in [-0.3, -0.25) is 4.68 Å². The third-order valence-corrected chi connectivity index (χ3v) is 6.34. The summed E-state index contributed by atoms with van der Waals surface area (Å²) in [5, 5.41) is 7.54. The van der Waals surface area contributed by atoms with E-state index in [1.807, 2.05) is 11.8 Å². The largest absolute Gasteiger partial charge is 0.312 e. The Morgan fingerprint density at radius 3 is 2.71 bits per heavy atom. The molecule has 1 aromatic heterocycles. The molecular formula is C13H22N4O2S2. The summed E-state index contributed by atoms with van der Waals surface area (Å²) in [5.41, 5.74) is 0. The standard InChI is InChI=1S/C13H22N4O2S2/c18-21(19,16-12-3-7-20-8-4-12)13-9-15-17(10-13)6-5-14-11-1-2-11/h9-12,14,16H,1-8H2. The average Bonchev–Trinajstić information content (AvgIpc) is 3.15. The highest BCUT2D eigenvalue weighted by Crippen LogP contribution is 2.19. The fourth-order valence-electron chi connectivity index (χ4n) is 2.38. The van der Waals surface area contributed by atoms with Crippen LogP contribution in [0.25, 0.3) is 0 Å². The molecule has 1 aliphatic heterocycles. The maximum Gasteiger partial charge on any atom is 0.243 e. The molecule has 2 aliphatic rings. The molecule has 2 fully saturated rings. The summed E-state index contributed by atoms with van der Waals surface area (Å²) in [4.78, 5) is 0.271. The number of rotatable bonds is 7. The van der Waals surface area contributed by atoms with Crippen molar-refractivity contribution in [3.05, 3.63) is 12.4 Å². The van der Waals surface area contributed by atoms with E-state index in [0.29, 0.717) is 12.6 Å². The first-order chi connectivity index (χ1) is 10.1. The normalized spacial score (nSPS) is 20.8. The monoisotopic (exact) mass is 330 g/mol. The molecule has 8 heteroatoms. The van der Waals surface area contributed by atoms with E-state index in [-0.39, 0.29) is 10.9 Å². The van der Waals surface area contributed by atoms with Gasteiger partial charge in [0.1, 0.15) is 4.90 Å². The smallest absolute Gasteiger partial charge is 0.243 e. The van der Waals surface area contributed by atoms with Gasteiger partial charge in [0.15, 0.2) is 0 Å². The summed E-state index contributed by atoms with van der Waals surface area (Å²) in [7, 11) is -3.43. The van der Waals surface area contributed by atoms with Gasteiger partial charge in [0, 0.05) is 24.8 Å². The van der Waals surface area contributed by atoms with Crippen LogP contribution in [0.1, 0.15) is 25.7 Å². The molecule has 3 rings (SSSR count). The molecule has 1 saturated carbocycles. The fraction of sp³-hybridized carbons (Fsp3) is 0.769. The van der Waals surface area contributed by atoms with E-state index in [1.54, 1.807) is 10.9 Å². The number of aromatic nitrogens is 2. The van der Waals surface area contributed by atoms with Crippen molar-refractivity contribution in [1.29, 1.82) is 0 Å². The van der Waals surface area contributed by atoms with Crippen LogP contribution in [0.2, 0.25) is 0 Å². The number of hydrogen-bond acceptors (Lipinski definition) is 5. The highest BCUT2D eigenvalue weighted by molar-refractivity contribution is 7.99. The predicted molar refractivity (Wildman–Crippen MR) is 83.9 cm³/mol. The van der Waals surface area contributed by atoms with Crippen molar-refractivity contribution in [2.24, 2.45) is 0 Å². The van der Waals surface area contributed by atoms with E-state index < -0.39 is 10.0 Å². The Morgan fingerprint density at radius 2 is 2.00 bits per heavy atom. The lowest BCUT2D eigenvalue weighted by Crippen LogP contribution is -2.37. The number of hydrogen-bond donors (Lipinski definition) is 2. The van der Waals surface area contributed by atoms with Crippen molar-refractivity contribution < 1.29 is 8.42 Å². The zero-order valence-electron chi connectivity index (χ0n) is 12.0. The van der Waals surface area contributed by atoms with Gasteiger partial charge < -0.3 is 5.32 Å². The lowest BCUT2D eigenvalue weighted by molar-refractivity contribution is 0.528. The molecular weight excluding hydrogens is 308 g/mol. The summed E-state index contributed by atoms with van der Waals surface area (Å²) >= 11 is 1.88. The fourth-order valence-corrected chi connectivity index (χ4v) is 4.74. The Kier molecular flexibility index (Phi) is 4.88. The quantitative estimate of drug-likeness (QED) is 0.774. The third kappa shape index (κ3) is 4.45. The van der Waals surface area contributed by atoms with Gasteiger partial charge in [-0.05, 0) is 37.2 Å². The molecule has 0 bridgehead atoms. The van der Waals surface area contributed by atoms with Crippen molar-refractivity contribution in [2.45, 2.75) is 49.2 Å². The zero-order valence-corrected chi connectivity index (χ0v) is 13.6. The van der Waals surface area contributed by atoms with Crippen molar-refractivity contribution in [2.75, 3.05) is 18.1 Å². The SMILES string of the molecule is O=S(=O)(NC1CCSCC1)c1cnn(CCNC2CC2)c1. The molecule has 1 saturated heterocycles. The van der Waals surface area contributed by atoms with Crippen LogP contribution < -0.4 is 10.0 Å². The highest BCUT2D eigenvalue weighted by Gasteiger charge is 2.23. The van der Waals surface area contributed by atoms with Crippen LogP contribution in [0.15, 0.2) is 17.3 Å². The Labute approximate surface area is 130 Å². The Morgan fingerprint density at radius 1 is 1.24 bits per heavy atom. The molecule has 0 atom stereocenters. The number of nitrogens with one attached hydrogen (secondary N) is 2. The molecule has 0 aromatic carbocycles. The molecule has 1 aliphatic carbocycles. The minimum atomic E-state index is -3.43. The Balaban J connectivity index is 1.55. The van der Waals surface area contributed by atoms with E-state index >= 15 is 0 Å². The lowest BCUT2D eigenvalue weighted by Gasteiger charge is -2.21. The molecule has 0 unspecified atom stereocenters. The summed E-state index contributed by atoms with van der Waals surface area (Å²) in [6.45, 7) is 1.53. The molecule has 21 heavy (non-hydrogen) atoms. The van der Waals surface area contributed by atoms with E-state index in [1.165, 1.54) is 19.0 Å². The minimum Gasteiger partial charge on any atom is -0.312 e. The lowest BCUT2D eigenvalue weighted by atomic mass is 10.2. The van der Waals surface area contributed by atoms with Crippen LogP contribution in [-0.2, 0) is 16.6 Å². The molecule has 6 nitrogen and oxygen atoms in total. The first-order valence-corrected chi connectivity index (χ1v) is 10.1. The van der Waals surface area contributed by atoms with Crippen molar-refractivity contribution in [3.63, 3.8) is 0 Å². The molecule has 1 aromatic rings. The predicted octanol–water partition coefficient (Wildman–Crippen LogP) is 0.809. The molecule has 0 radical (unpaired) electrons. The maximum absolute atomic E-state index is 12.3. The highest BCUT2D eigenvalue weighted by atomic mass is 32.2. The number of sulfonamides is 1. The van der Waals surface area contributed by atoms with Gasteiger partial charge in [-0.1, -0.05) is 0 Å². The maximum atomic E-state index is 12.3. The van der Waals surface area contributed by atoms with E-state index in [9.17, 15) is 8.42 Å². The number of nitrogens with zero attached hydrogens (tertiary/aromatic N) is 2. The number of thioether (sulfide) groups is 1. The summed E-state index contributed by atoms with van der Waals surface area (Å²) < 4.78 is 29.1. The topological polar surface area (TPSA) is 76.0 Å². The molecule has 0 amide bonds. The minimum absolute atomic E-state index is 0.0659. The summed E-state index contributed by atoms with van der Waals surface area (Å²) in [5.74, 6) is 2.05.